The molecule has 1 unspecified atom stereocenters. The first kappa shape index (κ1) is 19.8. The number of amides is 2. The normalized spacial score (nSPS) is 18.6. The number of nitrogens with zero attached hydrogens (tertiary/aromatic N) is 2. The first-order chi connectivity index (χ1) is 13.0. The number of hydrogen-bond donors (Lipinski definition) is 1. The number of hydrogen-bond acceptors (Lipinski definition) is 4. The molecule has 0 aromatic heterocycles. The Balaban J connectivity index is 1.80. The zero-order valence-corrected chi connectivity index (χ0v) is 17.5. The van der Waals surface area contributed by atoms with Gasteiger partial charge in [0.15, 0.2) is 5.17 Å². The summed E-state index contributed by atoms with van der Waals surface area (Å²) in [5, 5.41) is 2.65. The van der Waals surface area contributed by atoms with Gasteiger partial charge in [0.2, 0.25) is 11.8 Å². The molecule has 1 N–H and O–H groups in total. The largest absolute Gasteiger partial charge is 0.325 e. The van der Waals surface area contributed by atoms with Gasteiger partial charge in [-0.05, 0) is 72.0 Å². The quantitative estimate of drug-likeness (QED) is 0.637. The van der Waals surface area contributed by atoms with E-state index in [0.717, 1.165) is 3.57 Å². The highest BCUT2D eigenvalue weighted by molar-refractivity contribution is 14.1. The number of anilines is 1. The summed E-state index contributed by atoms with van der Waals surface area (Å²) < 4.78 is 14.5. The number of amidine groups is 1. The van der Waals surface area contributed by atoms with Gasteiger partial charge in [-0.1, -0.05) is 17.8 Å². The fraction of sp³-hybridized carbons (Fsp3) is 0.211. The van der Waals surface area contributed by atoms with Gasteiger partial charge in [0.1, 0.15) is 11.1 Å². The summed E-state index contributed by atoms with van der Waals surface area (Å²) in [7, 11) is 0. The molecule has 27 heavy (non-hydrogen) atoms. The van der Waals surface area contributed by atoms with E-state index in [4.69, 9.17) is 0 Å². The average Bonchev–Trinajstić information content (AvgIpc) is 2.63. The number of benzene rings is 2. The predicted octanol–water partition coefficient (Wildman–Crippen LogP) is 4.41. The number of carbonyl (C=O) groups is 2. The highest BCUT2D eigenvalue weighted by atomic mass is 127. The third kappa shape index (κ3) is 5.07. The van der Waals surface area contributed by atoms with Crippen LogP contribution in [0.15, 0.2) is 53.5 Å². The molecular formula is C19H17FIN3O2S. The summed E-state index contributed by atoms with van der Waals surface area (Å²) in [6.45, 7) is 2.27. The van der Waals surface area contributed by atoms with Gasteiger partial charge in [0, 0.05) is 22.2 Å². The van der Waals surface area contributed by atoms with E-state index in [0.29, 0.717) is 23.1 Å². The minimum absolute atomic E-state index is 0.0941. The lowest BCUT2D eigenvalue weighted by atomic mass is 10.2. The number of carbonyl (C=O) groups excluding carboxylic acids is 2. The Labute approximate surface area is 174 Å². The van der Waals surface area contributed by atoms with E-state index in [-0.39, 0.29) is 18.2 Å². The predicted molar refractivity (Wildman–Crippen MR) is 115 cm³/mol. The molecule has 0 bridgehead atoms. The van der Waals surface area contributed by atoms with Crippen LogP contribution in [-0.4, -0.2) is 33.7 Å². The average molecular weight is 497 g/mol. The fourth-order valence-electron chi connectivity index (χ4n) is 2.56. The van der Waals surface area contributed by atoms with Crippen LogP contribution in [0.25, 0.3) is 0 Å². The third-order valence-corrected chi connectivity index (χ3v) is 5.80. The number of rotatable bonds is 4. The second-order valence-corrected chi connectivity index (χ2v) is 8.23. The Kier molecular flexibility index (Phi) is 6.48. The van der Waals surface area contributed by atoms with Crippen molar-refractivity contribution < 1.29 is 14.0 Å². The molecule has 0 spiro atoms. The van der Waals surface area contributed by atoms with Gasteiger partial charge in [-0.25, -0.2) is 9.38 Å². The van der Waals surface area contributed by atoms with Crippen molar-refractivity contribution in [2.75, 3.05) is 11.9 Å². The molecule has 1 saturated heterocycles. The van der Waals surface area contributed by atoms with Crippen LogP contribution in [0.2, 0.25) is 0 Å². The molecule has 5 nitrogen and oxygen atoms in total. The molecule has 2 aromatic rings. The van der Waals surface area contributed by atoms with Crippen molar-refractivity contribution in [3.05, 3.63) is 57.9 Å². The molecule has 3 rings (SSSR count). The van der Waals surface area contributed by atoms with Crippen LogP contribution in [0.5, 0.6) is 0 Å². The van der Waals surface area contributed by atoms with Crippen LogP contribution in [-0.2, 0) is 9.59 Å². The highest BCUT2D eigenvalue weighted by Gasteiger charge is 2.35. The molecule has 1 heterocycles. The Morgan fingerprint density at radius 3 is 2.74 bits per heavy atom. The summed E-state index contributed by atoms with van der Waals surface area (Å²) in [5.41, 5.74) is 1.08. The second-order valence-electron chi connectivity index (χ2n) is 5.82. The van der Waals surface area contributed by atoms with Crippen LogP contribution < -0.4 is 5.32 Å². The van der Waals surface area contributed by atoms with Crippen molar-refractivity contribution in [2.24, 2.45) is 4.99 Å². The van der Waals surface area contributed by atoms with Crippen LogP contribution in [0.4, 0.5) is 15.8 Å². The van der Waals surface area contributed by atoms with E-state index in [1.165, 1.54) is 28.8 Å². The van der Waals surface area contributed by atoms with Gasteiger partial charge in [-0.2, -0.15) is 0 Å². The first-order valence-corrected chi connectivity index (χ1v) is 10.3. The summed E-state index contributed by atoms with van der Waals surface area (Å²) in [6.07, 6.45) is 0.0941. The molecule has 140 valence electrons. The van der Waals surface area contributed by atoms with Crippen molar-refractivity contribution >= 4 is 62.7 Å². The Bertz CT molecular complexity index is 889. The van der Waals surface area contributed by atoms with Gasteiger partial charge < -0.3 is 5.32 Å². The van der Waals surface area contributed by atoms with Crippen molar-refractivity contribution in [1.29, 1.82) is 0 Å². The molecule has 1 aliphatic rings. The maximum absolute atomic E-state index is 13.4. The van der Waals surface area contributed by atoms with Crippen molar-refractivity contribution in [3.63, 3.8) is 0 Å². The van der Waals surface area contributed by atoms with Crippen molar-refractivity contribution in [3.8, 4) is 0 Å². The maximum Gasteiger partial charge on any atom is 0.238 e. The number of thioether (sulfide) groups is 1. The molecule has 1 aliphatic heterocycles. The Morgan fingerprint density at radius 1 is 1.33 bits per heavy atom. The second kappa shape index (κ2) is 8.83. The van der Waals surface area contributed by atoms with E-state index in [1.54, 1.807) is 12.1 Å². The van der Waals surface area contributed by atoms with Gasteiger partial charge in [-0.15, -0.1) is 0 Å². The molecule has 0 aliphatic carbocycles. The Morgan fingerprint density at radius 2 is 2.07 bits per heavy atom. The maximum atomic E-state index is 13.4. The number of aliphatic imine (C=N–C) groups is 1. The van der Waals surface area contributed by atoms with E-state index in [2.05, 4.69) is 32.9 Å². The lowest BCUT2D eigenvalue weighted by Gasteiger charge is -2.30. The van der Waals surface area contributed by atoms with E-state index >= 15 is 0 Å². The fourth-order valence-corrected chi connectivity index (χ4v) is 4.09. The zero-order chi connectivity index (χ0) is 19.4. The topological polar surface area (TPSA) is 61.8 Å². The van der Waals surface area contributed by atoms with E-state index in [9.17, 15) is 14.0 Å². The lowest BCUT2D eigenvalue weighted by Crippen LogP contribution is -2.45. The third-order valence-electron chi connectivity index (χ3n) is 3.89. The molecule has 2 amide bonds. The highest BCUT2D eigenvalue weighted by Crippen LogP contribution is 2.30. The van der Waals surface area contributed by atoms with Crippen LogP contribution in [0.1, 0.15) is 13.3 Å². The minimum atomic E-state index is -0.591. The number of halogens is 2. The van der Waals surface area contributed by atoms with Crippen LogP contribution in [0, 0.1) is 9.39 Å². The SMILES string of the molecule is CCN1C(=O)CC(C(=O)Nc2ccc(I)cc2)SC1=Nc1cccc(F)c1. The lowest BCUT2D eigenvalue weighted by molar-refractivity contribution is -0.129. The van der Waals surface area contributed by atoms with Gasteiger partial charge in [0.05, 0.1) is 5.69 Å². The smallest absolute Gasteiger partial charge is 0.238 e. The van der Waals surface area contributed by atoms with Crippen LogP contribution >= 0.6 is 34.4 Å². The molecule has 0 radical (unpaired) electrons. The molecule has 0 saturated carbocycles. The molecule has 1 fully saturated rings. The monoisotopic (exact) mass is 497 g/mol. The van der Waals surface area contributed by atoms with E-state index in [1.807, 2.05) is 31.2 Å². The zero-order valence-electron chi connectivity index (χ0n) is 14.5. The van der Waals surface area contributed by atoms with Gasteiger partial charge >= 0.3 is 0 Å². The summed E-state index contributed by atoms with van der Waals surface area (Å²) in [5.74, 6) is -0.827. The summed E-state index contributed by atoms with van der Waals surface area (Å²) >= 11 is 3.41. The number of nitrogens with one attached hydrogen (secondary N) is 1. The molecular weight excluding hydrogens is 480 g/mol. The summed E-state index contributed by atoms with van der Waals surface area (Å²) in [6, 6.07) is 13.3. The molecule has 1 atom stereocenters. The minimum Gasteiger partial charge on any atom is -0.325 e. The summed E-state index contributed by atoms with van der Waals surface area (Å²) in [4.78, 5) is 31.0. The molecule has 8 heteroatoms. The Hall–Kier alpha value is -1.94. The van der Waals surface area contributed by atoms with Gasteiger partial charge in [0.25, 0.3) is 0 Å². The van der Waals surface area contributed by atoms with Crippen molar-refractivity contribution in [2.45, 2.75) is 18.6 Å². The molecule has 2 aromatic carbocycles. The first-order valence-electron chi connectivity index (χ1n) is 8.34. The van der Waals surface area contributed by atoms with E-state index < -0.39 is 11.1 Å². The van der Waals surface area contributed by atoms with Gasteiger partial charge in [-0.3, -0.25) is 14.5 Å². The van der Waals surface area contributed by atoms with Crippen molar-refractivity contribution in [1.82, 2.24) is 4.90 Å². The van der Waals surface area contributed by atoms with Crippen LogP contribution in [0.3, 0.4) is 0 Å². The standard InChI is InChI=1S/C19H17FIN3O2S/c1-2-24-17(25)11-16(18(26)22-14-8-6-13(21)7-9-14)27-19(24)23-15-5-3-4-12(20)10-15/h3-10,16H,2,11H2,1H3,(H,22,26).